The lowest BCUT2D eigenvalue weighted by atomic mass is 10.1. The van der Waals surface area contributed by atoms with Crippen molar-refractivity contribution in [3.63, 3.8) is 0 Å². The van der Waals surface area contributed by atoms with Crippen molar-refractivity contribution in [3.8, 4) is 11.3 Å². The van der Waals surface area contributed by atoms with Gasteiger partial charge < -0.3 is 0 Å². The number of nitrogens with one attached hydrogen (secondary N) is 1. The SMILES string of the molecule is CCCc1sc(N/N=C\c2ccccn2)nc1-c1ccccc1. The largest absolute Gasteiger partial charge is 0.255 e. The molecule has 0 bridgehead atoms. The van der Waals surface area contributed by atoms with Crippen LogP contribution in [0.5, 0.6) is 0 Å². The highest BCUT2D eigenvalue weighted by atomic mass is 32.1. The minimum atomic E-state index is 0.805. The number of aromatic nitrogens is 2. The minimum absolute atomic E-state index is 0.805. The van der Waals surface area contributed by atoms with Crippen LogP contribution in [0, 0.1) is 0 Å². The van der Waals surface area contributed by atoms with Gasteiger partial charge >= 0.3 is 0 Å². The van der Waals surface area contributed by atoms with Crippen LogP contribution in [0.1, 0.15) is 23.9 Å². The molecule has 0 fully saturated rings. The summed E-state index contributed by atoms with van der Waals surface area (Å²) in [7, 11) is 0. The van der Waals surface area contributed by atoms with E-state index >= 15 is 0 Å². The number of benzene rings is 1. The predicted molar refractivity (Wildman–Crippen MR) is 97.0 cm³/mol. The van der Waals surface area contributed by atoms with Crippen molar-refractivity contribution >= 4 is 22.7 Å². The number of aryl methyl sites for hydroxylation is 1. The second kappa shape index (κ2) is 7.65. The molecule has 0 aliphatic carbocycles. The summed E-state index contributed by atoms with van der Waals surface area (Å²) in [6.07, 6.45) is 5.56. The third kappa shape index (κ3) is 4.02. The van der Waals surface area contributed by atoms with Crippen molar-refractivity contribution in [1.82, 2.24) is 9.97 Å². The molecule has 2 heterocycles. The van der Waals surface area contributed by atoms with E-state index in [2.05, 4.69) is 34.6 Å². The van der Waals surface area contributed by atoms with E-state index in [1.54, 1.807) is 23.7 Å². The molecule has 0 spiro atoms. The van der Waals surface area contributed by atoms with Crippen molar-refractivity contribution < 1.29 is 0 Å². The fraction of sp³-hybridized carbons (Fsp3) is 0.167. The van der Waals surface area contributed by atoms with Gasteiger partial charge in [0.25, 0.3) is 0 Å². The van der Waals surface area contributed by atoms with Crippen LogP contribution in [0.3, 0.4) is 0 Å². The topological polar surface area (TPSA) is 50.2 Å². The maximum absolute atomic E-state index is 4.70. The van der Waals surface area contributed by atoms with Gasteiger partial charge in [0, 0.05) is 16.6 Å². The molecule has 3 rings (SSSR count). The molecule has 1 aromatic carbocycles. The van der Waals surface area contributed by atoms with Crippen molar-refractivity contribution in [1.29, 1.82) is 0 Å². The highest BCUT2D eigenvalue weighted by molar-refractivity contribution is 7.16. The van der Waals surface area contributed by atoms with Gasteiger partial charge in [-0.05, 0) is 18.6 Å². The average Bonchev–Trinajstić information content (AvgIpc) is 3.00. The van der Waals surface area contributed by atoms with E-state index in [-0.39, 0.29) is 0 Å². The Morgan fingerprint density at radius 1 is 1.13 bits per heavy atom. The Balaban J connectivity index is 1.79. The molecule has 0 saturated carbocycles. The van der Waals surface area contributed by atoms with Gasteiger partial charge in [-0.3, -0.25) is 10.4 Å². The summed E-state index contributed by atoms with van der Waals surface area (Å²) in [6, 6.07) is 16.0. The molecule has 0 aliphatic rings. The number of rotatable bonds is 6. The molecule has 0 amide bonds. The van der Waals surface area contributed by atoms with Crippen molar-refractivity contribution in [2.75, 3.05) is 5.43 Å². The highest BCUT2D eigenvalue weighted by Crippen LogP contribution is 2.32. The van der Waals surface area contributed by atoms with Crippen LogP contribution in [0.2, 0.25) is 0 Å². The van der Waals surface area contributed by atoms with Crippen molar-refractivity contribution in [2.24, 2.45) is 5.10 Å². The van der Waals surface area contributed by atoms with E-state index in [0.717, 1.165) is 34.9 Å². The summed E-state index contributed by atoms with van der Waals surface area (Å²) in [5, 5.41) is 5.04. The van der Waals surface area contributed by atoms with Gasteiger partial charge in [-0.1, -0.05) is 61.1 Å². The van der Waals surface area contributed by atoms with Gasteiger partial charge in [-0.2, -0.15) is 5.10 Å². The molecule has 0 aliphatic heterocycles. The first-order valence-electron chi connectivity index (χ1n) is 7.62. The molecule has 5 heteroatoms. The molecule has 0 radical (unpaired) electrons. The Kier molecular flexibility index (Phi) is 5.11. The van der Waals surface area contributed by atoms with Crippen LogP contribution >= 0.6 is 11.3 Å². The molecule has 3 aromatic rings. The van der Waals surface area contributed by atoms with Gasteiger partial charge in [0.1, 0.15) is 0 Å². The number of hydrazone groups is 1. The van der Waals surface area contributed by atoms with Gasteiger partial charge in [-0.15, -0.1) is 0 Å². The molecular formula is C18H18N4S. The van der Waals surface area contributed by atoms with E-state index in [4.69, 9.17) is 4.98 Å². The van der Waals surface area contributed by atoms with Crippen LogP contribution in [0.4, 0.5) is 5.13 Å². The van der Waals surface area contributed by atoms with Crippen molar-refractivity contribution in [3.05, 3.63) is 65.3 Å². The molecule has 23 heavy (non-hydrogen) atoms. The smallest absolute Gasteiger partial charge is 0.204 e. The number of nitrogens with zero attached hydrogens (tertiary/aromatic N) is 3. The summed E-state index contributed by atoms with van der Waals surface area (Å²) < 4.78 is 0. The maximum atomic E-state index is 4.70. The van der Waals surface area contributed by atoms with Crippen LogP contribution < -0.4 is 5.43 Å². The van der Waals surface area contributed by atoms with E-state index in [9.17, 15) is 0 Å². The summed E-state index contributed by atoms with van der Waals surface area (Å²) in [6.45, 7) is 2.18. The van der Waals surface area contributed by atoms with Crippen LogP contribution in [-0.2, 0) is 6.42 Å². The molecule has 0 unspecified atom stereocenters. The van der Waals surface area contributed by atoms with Gasteiger partial charge in [-0.25, -0.2) is 4.98 Å². The highest BCUT2D eigenvalue weighted by Gasteiger charge is 2.11. The number of anilines is 1. The Labute approximate surface area is 140 Å². The lowest BCUT2D eigenvalue weighted by Gasteiger charge is -1.99. The summed E-state index contributed by atoms with van der Waals surface area (Å²) in [5.74, 6) is 0. The predicted octanol–water partition coefficient (Wildman–Crippen LogP) is 4.60. The zero-order valence-electron chi connectivity index (χ0n) is 12.9. The first-order chi connectivity index (χ1) is 11.4. The number of hydrogen-bond donors (Lipinski definition) is 1. The Hall–Kier alpha value is -2.53. The summed E-state index contributed by atoms with van der Waals surface area (Å²) >= 11 is 1.66. The van der Waals surface area contributed by atoms with Gasteiger partial charge in [0.2, 0.25) is 5.13 Å². The van der Waals surface area contributed by atoms with Crippen molar-refractivity contribution in [2.45, 2.75) is 19.8 Å². The monoisotopic (exact) mass is 322 g/mol. The summed E-state index contributed by atoms with van der Waals surface area (Å²) in [4.78, 5) is 10.2. The van der Waals surface area contributed by atoms with E-state index in [0.29, 0.717) is 0 Å². The third-order valence-corrected chi connectivity index (χ3v) is 4.29. The first kappa shape index (κ1) is 15.4. The number of thiazole rings is 1. The minimum Gasteiger partial charge on any atom is -0.255 e. The molecular weight excluding hydrogens is 304 g/mol. The van der Waals surface area contributed by atoms with E-state index in [1.165, 1.54) is 4.88 Å². The first-order valence-corrected chi connectivity index (χ1v) is 8.43. The van der Waals surface area contributed by atoms with E-state index in [1.807, 2.05) is 36.4 Å². The van der Waals surface area contributed by atoms with Gasteiger partial charge in [0.15, 0.2) is 0 Å². The number of hydrogen-bond acceptors (Lipinski definition) is 5. The molecule has 2 aromatic heterocycles. The van der Waals surface area contributed by atoms with Crippen LogP contribution in [-0.4, -0.2) is 16.2 Å². The second-order valence-electron chi connectivity index (χ2n) is 5.03. The normalized spacial score (nSPS) is 11.0. The fourth-order valence-electron chi connectivity index (χ4n) is 2.22. The van der Waals surface area contributed by atoms with Gasteiger partial charge in [0.05, 0.1) is 17.6 Å². The average molecular weight is 322 g/mol. The quantitative estimate of drug-likeness (QED) is 0.533. The standard InChI is InChI=1S/C18H18N4S/c1-2-8-16-17(14-9-4-3-5-10-14)21-18(23-16)22-20-13-15-11-6-7-12-19-15/h3-7,9-13H,2,8H2,1H3,(H,21,22)/b20-13-. The molecule has 0 atom stereocenters. The second-order valence-corrected chi connectivity index (χ2v) is 6.12. The molecule has 1 N–H and O–H groups in total. The fourth-order valence-corrected chi connectivity index (χ4v) is 3.26. The third-order valence-electron chi connectivity index (χ3n) is 3.27. The lowest BCUT2D eigenvalue weighted by Crippen LogP contribution is -1.91. The zero-order chi connectivity index (χ0) is 15.9. The maximum Gasteiger partial charge on any atom is 0.204 e. The molecule has 116 valence electrons. The van der Waals surface area contributed by atoms with Crippen LogP contribution in [0.15, 0.2) is 59.8 Å². The lowest BCUT2D eigenvalue weighted by molar-refractivity contribution is 0.938. The number of pyridine rings is 1. The summed E-state index contributed by atoms with van der Waals surface area (Å²) in [5.41, 5.74) is 6.03. The Bertz CT molecular complexity index is 766. The molecule has 4 nitrogen and oxygen atoms in total. The zero-order valence-corrected chi connectivity index (χ0v) is 13.8. The Morgan fingerprint density at radius 2 is 1.96 bits per heavy atom. The molecule has 0 saturated heterocycles. The Morgan fingerprint density at radius 3 is 2.70 bits per heavy atom. The van der Waals surface area contributed by atoms with E-state index < -0.39 is 0 Å². The van der Waals surface area contributed by atoms with Crippen LogP contribution in [0.25, 0.3) is 11.3 Å².